The summed E-state index contributed by atoms with van der Waals surface area (Å²) in [6.07, 6.45) is 0. The molecular formula is C12H18ClN3. The molecule has 1 rings (SSSR count). The maximum atomic E-state index is 5.87. The third kappa shape index (κ3) is 5.03. The highest BCUT2D eigenvalue weighted by Gasteiger charge is 1.96. The Morgan fingerprint density at radius 3 is 2.88 bits per heavy atom. The Labute approximate surface area is 102 Å². The van der Waals surface area contributed by atoms with E-state index in [1.807, 2.05) is 24.3 Å². The van der Waals surface area contributed by atoms with Crippen molar-refractivity contribution >= 4 is 17.6 Å². The van der Waals surface area contributed by atoms with Crippen LogP contribution in [0.5, 0.6) is 0 Å². The Morgan fingerprint density at radius 2 is 2.25 bits per heavy atom. The van der Waals surface area contributed by atoms with Crippen LogP contribution >= 0.6 is 11.6 Å². The Kier molecular flexibility index (Phi) is 5.12. The van der Waals surface area contributed by atoms with Crippen molar-refractivity contribution in [2.45, 2.75) is 20.4 Å². The molecular weight excluding hydrogens is 222 g/mol. The summed E-state index contributed by atoms with van der Waals surface area (Å²) in [4.78, 5) is 4.23. The predicted molar refractivity (Wildman–Crippen MR) is 69.6 cm³/mol. The molecule has 88 valence electrons. The van der Waals surface area contributed by atoms with E-state index in [1.165, 1.54) is 0 Å². The van der Waals surface area contributed by atoms with Crippen molar-refractivity contribution < 1.29 is 0 Å². The molecule has 0 atom stereocenters. The lowest BCUT2D eigenvalue weighted by Gasteiger charge is -2.07. The molecule has 0 aromatic heterocycles. The molecule has 4 heteroatoms. The molecule has 3 N–H and O–H groups in total. The summed E-state index contributed by atoms with van der Waals surface area (Å²) in [7, 11) is 0. The van der Waals surface area contributed by atoms with Gasteiger partial charge in [0.25, 0.3) is 0 Å². The Hall–Kier alpha value is -1.22. The van der Waals surface area contributed by atoms with Gasteiger partial charge in [-0.1, -0.05) is 37.6 Å². The van der Waals surface area contributed by atoms with Crippen LogP contribution in [0.25, 0.3) is 0 Å². The summed E-state index contributed by atoms with van der Waals surface area (Å²) >= 11 is 5.87. The number of nitrogens with zero attached hydrogens (tertiary/aromatic N) is 1. The van der Waals surface area contributed by atoms with Crippen molar-refractivity contribution in [2.75, 3.05) is 6.54 Å². The van der Waals surface area contributed by atoms with Crippen LogP contribution in [-0.4, -0.2) is 12.5 Å². The highest BCUT2D eigenvalue weighted by molar-refractivity contribution is 6.30. The van der Waals surface area contributed by atoms with E-state index >= 15 is 0 Å². The summed E-state index contributed by atoms with van der Waals surface area (Å²) < 4.78 is 0. The minimum absolute atomic E-state index is 0.480. The number of hydrogen-bond donors (Lipinski definition) is 2. The summed E-state index contributed by atoms with van der Waals surface area (Å²) in [5.41, 5.74) is 6.77. The number of aliphatic imine (C=N–C) groups is 1. The van der Waals surface area contributed by atoms with Crippen LogP contribution in [0.1, 0.15) is 19.4 Å². The maximum Gasteiger partial charge on any atom is 0.188 e. The van der Waals surface area contributed by atoms with E-state index < -0.39 is 0 Å². The highest BCUT2D eigenvalue weighted by atomic mass is 35.5. The predicted octanol–water partition coefficient (Wildman–Crippen LogP) is 2.40. The second-order valence-electron chi connectivity index (χ2n) is 4.11. The number of hydrogen-bond acceptors (Lipinski definition) is 1. The van der Waals surface area contributed by atoms with Gasteiger partial charge >= 0.3 is 0 Å². The standard InChI is InChI=1S/C12H18ClN3/c1-9(2)7-15-12(14)16-8-10-4-3-5-11(13)6-10/h3-6,9H,7-8H2,1-2H3,(H3,14,15,16). The highest BCUT2D eigenvalue weighted by Crippen LogP contribution is 2.11. The smallest absolute Gasteiger partial charge is 0.188 e. The summed E-state index contributed by atoms with van der Waals surface area (Å²) in [5.74, 6) is 1.04. The van der Waals surface area contributed by atoms with Crippen LogP contribution in [0, 0.1) is 5.92 Å². The van der Waals surface area contributed by atoms with Crippen molar-refractivity contribution in [1.29, 1.82) is 0 Å². The van der Waals surface area contributed by atoms with Gasteiger partial charge in [0.1, 0.15) is 0 Å². The zero-order valence-corrected chi connectivity index (χ0v) is 10.5. The van der Waals surface area contributed by atoms with E-state index in [9.17, 15) is 0 Å². The molecule has 3 nitrogen and oxygen atoms in total. The fraction of sp³-hybridized carbons (Fsp3) is 0.417. The van der Waals surface area contributed by atoms with Crippen LogP contribution < -0.4 is 11.1 Å². The molecule has 0 unspecified atom stereocenters. The lowest BCUT2D eigenvalue weighted by atomic mass is 10.2. The molecule has 0 spiro atoms. The molecule has 0 saturated heterocycles. The summed E-state index contributed by atoms with van der Waals surface area (Å²) in [6, 6.07) is 7.62. The largest absolute Gasteiger partial charge is 0.370 e. The first-order chi connectivity index (χ1) is 7.58. The van der Waals surface area contributed by atoms with Gasteiger partial charge in [0.15, 0.2) is 5.96 Å². The third-order valence-corrected chi connectivity index (χ3v) is 2.25. The van der Waals surface area contributed by atoms with E-state index in [2.05, 4.69) is 24.2 Å². The molecule has 1 aromatic rings. The molecule has 16 heavy (non-hydrogen) atoms. The van der Waals surface area contributed by atoms with E-state index in [1.54, 1.807) is 0 Å². The molecule has 0 radical (unpaired) electrons. The third-order valence-electron chi connectivity index (χ3n) is 2.01. The van der Waals surface area contributed by atoms with E-state index in [0.717, 1.165) is 17.1 Å². The zero-order chi connectivity index (χ0) is 12.0. The van der Waals surface area contributed by atoms with Gasteiger partial charge in [-0.05, 0) is 23.6 Å². The van der Waals surface area contributed by atoms with Crippen LogP contribution in [0.4, 0.5) is 0 Å². The van der Waals surface area contributed by atoms with Crippen molar-refractivity contribution in [2.24, 2.45) is 16.6 Å². The quantitative estimate of drug-likeness (QED) is 0.626. The monoisotopic (exact) mass is 239 g/mol. The fourth-order valence-corrected chi connectivity index (χ4v) is 1.39. The summed E-state index contributed by atoms with van der Waals surface area (Å²) in [6.45, 7) is 5.64. The van der Waals surface area contributed by atoms with Crippen molar-refractivity contribution in [3.63, 3.8) is 0 Å². The van der Waals surface area contributed by atoms with Crippen LogP contribution in [0.15, 0.2) is 29.3 Å². The van der Waals surface area contributed by atoms with Gasteiger partial charge in [-0.2, -0.15) is 0 Å². The van der Waals surface area contributed by atoms with Crippen LogP contribution in [0.2, 0.25) is 5.02 Å². The Bertz CT molecular complexity index is 361. The average Bonchev–Trinajstić information content (AvgIpc) is 2.23. The number of benzene rings is 1. The molecule has 0 fully saturated rings. The van der Waals surface area contributed by atoms with E-state index in [-0.39, 0.29) is 0 Å². The number of rotatable bonds is 4. The molecule has 0 aliphatic carbocycles. The molecule has 0 heterocycles. The van der Waals surface area contributed by atoms with E-state index in [0.29, 0.717) is 18.4 Å². The topological polar surface area (TPSA) is 50.4 Å². The van der Waals surface area contributed by atoms with Crippen LogP contribution in [0.3, 0.4) is 0 Å². The maximum absolute atomic E-state index is 5.87. The Morgan fingerprint density at radius 1 is 1.50 bits per heavy atom. The molecule has 0 bridgehead atoms. The van der Waals surface area contributed by atoms with Gasteiger partial charge in [0.2, 0.25) is 0 Å². The second-order valence-corrected chi connectivity index (χ2v) is 4.54. The first-order valence-electron chi connectivity index (χ1n) is 5.36. The molecule has 0 amide bonds. The van der Waals surface area contributed by atoms with Gasteiger partial charge < -0.3 is 11.1 Å². The number of halogens is 1. The van der Waals surface area contributed by atoms with Gasteiger partial charge in [-0.25, -0.2) is 4.99 Å². The van der Waals surface area contributed by atoms with Crippen molar-refractivity contribution in [3.05, 3.63) is 34.9 Å². The first kappa shape index (κ1) is 12.8. The number of nitrogens with one attached hydrogen (secondary N) is 1. The first-order valence-corrected chi connectivity index (χ1v) is 5.74. The second kappa shape index (κ2) is 6.38. The number of nitrogens with two attached hydrogens (primary N) is 1. The lowest BCUT2D eigenvalue weighted by Crippen LogP contribution is -2.34. The SMILES string of the molecule is CC(C)CNC(N)=NCc1cccc(Cl)c1. The van der Waals surface area contributed by atoms with E-state index in [4.69, 9.17) is 17.3 Å². The van der Waals surface area contributed by atoms with Crippen molar-refractivity contribution in [3.8, 4) is 0 Å². The minimum atomic E-state index is 0.480. The summed E-state index contributed by atoms with van der Waals surface area (Å²) in [5, 5.41) is 3.79. The fourth-order valence-electron chi connectivity index (χ4n) is 1.18. The molecule has 0 aliphatic heterocycles. The Balaban J connectivity index is 2.46. The molecule has 0 saturated carbocycles. The van der Waals surface area contributed by atoms with Gasteiger partial charge in [0, 0.05) is 11.6 Å². The van der Waals surface area contributed by atoms with Gasteiger partial charge in [-0.3, -0.25) is 0 Å². The zero-order valence-electron chi connectivity index (χ0n) is 9.70. The van der Waals surface area contributed by atoms with Crippen LogP contribution in [-0.2, 0) is 6.54 Å². The molecule has 0 aliphatic rings. The van der Waals surface area contributed by atoms with Gasteiger partial charge in [-0.15, -0.1) is 0 Å². The molecule has 1 aromatic carbocycles. The van der Waals surface area contributed by atoms with Gasteiger partial charge in [0.05, 0.1) is 6.54 Å². The van der Waals surface area contributed by atoms with Crippen molar-refractivity contribution in [1.82, 2.24) is 5.32 Å². The normalized spacial score (nSPS) is 11.9. The number of guanidine groups is 1. The lowest BCUT2D eigenvalue weighted by molar-refractivity contribution is 0.622. The minimum Gasteiger partial charge on any atom is -0.370 e. The average molecular weight is 240 g/mol.